The minimum atomic E-state index is 0.276. The number of allylic oxidation sites excluding steroid dienone is 1. The second-order valence-electron chi connectivity index (χ2n) is 6.03. The van der Waals surface area contributed by atoms with Gasteiger partial charge in [0, 0.05) is 39.8 Å². The van der Waals surface area contributed by atoms with Crippen molar-refractivity contribution in [1.82, 2.24) is 15.1 Å². The van der Waals surface area contributed by atoms with E-state index in [2.05, 4.69) is 33.7 Å². The molecule has 0 saturated carbocycles. The van der Waals surface area contributed by atoms with Crippen molar-refractivity contribution in [3.8, 4) is 0 Å². The van der Waals surface area contributed by atoms with Crippen LogP contribution < -0.4 is 5.32 Å². The number of fused-ring (bicyclic) bond motifs is 1. The Morgan fingerprint density at radius 2 is 2.43 bits per heavy atom. The van der Waals surface area contributed by atoms with Crippen LogP contribution in [0.5, 0.6) is 0 Å². The number of ether oxygens (including phenoxy) is 1. The standard InChI is InChI=1S/C16H30N4O/c1-4-5-6-9-19(3)16(17-2)18-11-15-12-20-10-7-8-14(20)13-21-15/h4,14-15H,1,5-13H2,2-3H3,(H,17,18). The lowest BCUT2D eigenvalue weighted by atomic mass is 10.2. The summed E-state index contributed by atoms with van der Waals surface area (Å²) in [5, 5.41) is 3.44. The van der Waals surface area contributed by atoms with Gasteiger partial charge in [0.15, 0.2) is 5.96 Å². The number of morpholine rings is 1. The Hall–Kier alpha value is -1.07. The molecular formula is C16H30N4O. The molecule has 2 aliphatic heterocycles. The van der Waals surface area contributed by atoms with Gasteiger partial charge in [-0.15, -0.1) is 6.58 Å². The van der Waals surface area contributed by atoms with Crippen molar-refractivity contribution in [3.05, 3.63) is 12.7 Å². The van der Waals surface area contributed by atoms with Crippen LogP contribution in [-0.4, -0.2) is 74.8 Å². The summed E-state index contributed by atoms with van der Waals surface area (Å²) in [5.74, 6) is 0.950. The molecule has 0 aliphatic carbocycles. The number of nitrogens with one attached hydrogen (secondary N) is 1. The number of aliphatic imine (C=N–C) groups is 1. The van der Waals surface area contributed by atoms with Crippen LogP contribution in [0.2, 0.25) is 0 Å². The summed E-state index contributed by atoms with van der Waals surface area (Å²) in [6.07, 6.45) is 7.01. The van der Waals surface area contributed by atoms with E-state index >= 15 is 0 Å². The first kappa shape index (κ1) is 16.3. The summed E-state index contributed by atoms with van der Waals surface area (Å²) >= 11 is 0. The van der Waals surface area contributed by atoms with Crippen LogP contribution in [0, 0.1) is 0 Å². The maximum Gasteiger partial charge on any atom is 0.193 e. The highest BCUT2D eigenvalue weighted by Gasteiger charge is 2.32. The van der Waals surface area contributed by atoms with E-state index in [1.54, 1.807) is 0 Å². The maximum absolute atomic E-state index is 5.97. The smallest absolute Gasteiger partial charge is 0.193 e. The lowest BCUT2D eigenvalue weighted by Gasteiger charge is -2.35. The molecule has 2 heterocycles. The van der Waals surface area contributed by atoms with Crippen LogP contribution in [0.4, 0.5) is 0 Å². The van der Waals surface area contributed by atoms with Crippen LogP contribution in [0.25, 0.3) is 0 Å². The van der Waals surface area contributed by atoms with Crippen molar-refractivity contribution < 1.29 is 4.74 Å². The van der Waals surface area contributed by atoms with Gasteiger partial charge in [-0.05, 0) is 32.2 Å². The van der Waals surface area contributed by atoms with Gasteiger partial charge in [-0.3, -0.25) is 9.89 Å². The lowest BCUT2D eigenvalue weighted by Crippen LogP contribution is -2.51. The second-order valence-corrected chi connectivity index (χ2v) is 6.03. The molecule has 2 aliphatic rings. The highest BCUT2D eigenvalue weighted by molar-refractivity contribution is 5.79. The van der Waals surface area contributed by atoms with Crippen molar-refractivity contribution in [2.24, 2.45) is 4.99 Å². The number of nitrogens with zero attached hydrogens (tertiary/aromatic N) is 3. The molecule has 0 aromatic carbocycles. The molecule has 0 amide bonds. The molecule has 2 unspecified atom stereocenters. The van der Waals surface area contributed by atoms with Crippen molar-refractivity contribution in [3.63, 3.8) is 0 Å². The van der Waals surface area contributed by atoms with Gasteiger partial charge in [-0.1, -0.05) is 6.08 Å². The summed E-state index contributed by atoms with van der Waals surface area (Å²) in [6.45, 7) is 8.76. The zero-order valence-electron chi connectivity index (χ0n) is 13.6. The van der Waals surface area contributed by atoms with E-state index in [4.69, 9.17) is 4.74 Å². The first-order valence-corrected chi connectivity index (χ1v) is 8.13. The molecule has 2 fully saturated rings. The monoisotopic (exact) mass is 294 g/mol. The highest BCUT2D eigenvalue weighted by Crippen LogP contribution is 2.22. The van der Waals surface area contributed by atoms with Gasteiger partial charge in [-0.25, -0.2) is 0 Å². The Bertz CT molecular complexity index is 358. The molecular weight excluding hydrogens is 264 g/mol. The summed E-state index contributed by atoms with van der Waals surface area (Å²) in [7, 11) is 3.92. The van der Waals surface area contributed by atoms with Crippen molar-refractivity contribution >= 4 is 5.96 Å². The summed E-state index contributed by atoms with van der Waals surface area (Å²) in [4.78, 5) is 9.10. The molecule has 5 nitrogen and oxygen atoms in total. The van der Waals surface area contributed by atoms with Crippen molar-refractivity contribution in [2.45, 2.75) is 37.8 Å². The Balaban J connectivity index is 1.71. The predicted molar refractivity (Wildman–Crippen MR) is 87.8 cm³/mol. The summed E-state index contributed by atoms with van der Waals surface area (Å²) < 4.78 is 5.97. The van der Waals surface area contributed by atoms with Crippen LogP contribution in [0.1, 0.15) is 25.7 Å². The molecule has 120 valence electrons. The van der Waals surface area contributed by atoms with Crippen molar-refractivity contribution in [2.75, 3.05) is 46.9 Å². The average molecular weight is 294 g/mol. The molecule has 21 heavy (non-hydrogen) atoms. The fourth-order valence-electron chi connectivity index (χ4n) is 3.18. The Morgan fingerprint density at radius 1 is 1.57 bits per heavy atom. The van der Waals surface area contributed by atoms with Gasteiger partial charge in [0.25, 0.3) is 0 Å². The van der Waals surface area contributed by atoms with E-state index in [-0.39, 0.29) is 6.10 Å². The topological polar surface area (TPSA) is 40.1 Å². The quantitative estimate of drug-likeness (QED) is 0.347. The number of hydrogen-bond acceptors (Lipinski definition) is 3. The SMILES string of the molecule is C=CCCCN(C)C(=NC)NCC1CN2CCCC2CO1. The first-order valence-electron chi connectivity index (χ1n) is 8.13. The van der Waals surface area contributed by atoms with Gasteiger partial charge in [0.1, 0.15) is 0 Å². The van der Waals surface area contributed by atoms with E-state index in [1.165, 1.54) is 19.4 Å². The molecule has 0 aromatic heterocycles. The maximum atomic E-state index is 5.97. The zero-order valence-corrected chi connectivity index (χ0v) is 13.6. The van der Waals surface area contributed by atoms with Gasteiger partial charge < -0.3 is 15.0 Å². The van der Waals surface area contributed by atoms with E-state index < -0.39 is 0 Å². The molecule has 2 atom stereocenters. The average Bonchev–Trinajstić information content (AvgIpc) is 2.95. The molecule has 2 rings (SSSR count). The largest absolute Gasteiger partial charge is 0.373 e. The van der Waals surface area contributed by atoms with Gasteiger partial charge in [0.2, 0.25) is 0 Å². The molecule has 0 radical (unpaired) electrons. The zero-order chi connectivity index (χ0) is 15.1. The normalized spacial score (nSPS) is 26.5. The van der Waals surface area contributed by atoms with E-state index in [0.29, 0.717) is 6.04 Å². The van der Waals surface area contributed by atoms with Gasteiger partial charge in [0.05, 0.1) is 12.7 Å². The molecule has 2 saturated heterocycles. The van der Waals surface area contributed by atoms with Gasteiger partial charge >= 0.3 is 0 Å². The van der Waals surface area contributed by atoms with Crippen LogP contribution in [-0.2, 0) is 4.74 Å². The summed E-state index contributed by atoms with van der Waals surface area (Å²) in [6, 6.07) is 0.669. The van der Waals surface area contributed by atoms with Crippen LogP contribution >= 0.6 is 0 Å². The number of guanidine groups is 1. The molecule has 1 N–H and O–H groups in total. The van der Waals surface area contributed by atoms with Crippen molar-refractivity contribution in [1.29, 1.82) is 0 Å². The van der Waals surface area contributed by atoms with Crippen LogP contribution in [0.15, 0.2) is 17.6 Å². The second kappa shape index (κ2) is 8.39. The number of rotatable bonds is 6. The Kier molecular flexibility index (Phi) is 6.51. The minimum Gasteiger partial charge on any atom is -0.373 e. The number of unbranched alkanes of at least 4 members (excludes halogenated alkanes) is 1. The van der Waals surface area contributed by atoms with Crippen LogP contribution in [0.3, 0.4) is 0 Å². The minimum absolute atomic E-state index is 0.276. The Morgan fingerprint density at radius 3 is 3.19 bits per heavy atom. The highest BCUT2D eigenvalue weighted by atomic mass is 16.5. The van der Waals surface area contributed by atoms with Gasteiger partial charge in [-0.2, -0.15) is 0 Å². The van der Waals surface area contributed by atoms with E-state index in [0.717, 1.165) is 45.0 Å². The molecule has 0 bridgehead atoms. The number of hydrogen-bond donors (Lipinski definition) is 1. The summed E-state index contributed by atoms with van der Waals surface area (Å²) in [5.41, 5.74) is 0. The third-order valence-electron chi connectivity index (χ3n) is 4.42. The molecule has 5 heteroatoms. The van der Waals surface area contributed by atoms with E-state index in [9.17, 15) is 0 Å². The lowest BCUT2D eigenvalue weighted by molar-refractivity contribution is -0.0454. The third-order valence-corrected chi connectivity index (χ3v) is 4.42. The molecule has 0 aromatic rings. The Labute approximate surface area is 129 Å². The predicted octanol–water partition coefficient (Wildman–Crippen LogP) is 1.32. The fraction of sp³-hybridized carbons (Fsp3) is 0.812. The molecule has 0 spiro atoms. The first-order chi connectivity index (χ1) is 10.2. The third kappa shape index (κ3) is 4.71. The fourth-order valence-corrected chi connectivity index (χ4v) is 3.18. The van der Waals surface area contributed by atoms with E-state index in [1.807, 2.05) is 13.1 Å².